The number of rotatable bonds is 10. The lowest BCUT2D eigenvalue weighted by atomic mass is 9.69. The number of hydrogen-bond donors (Lipinski definition) is 4. The molecular formula is C32H37FN8O2. The lowest BCUT2D eigenvalue weighted by molar-refractivity contribution is 0.0694. The van der Waals surface area contributed by atoms with Crippen molar-refractivity contribution in [3.63, 3.8) is 0 Å². The van der Waals surface area contributed by atoms with Crippen LogP contribution in [-0.2, 0) is 18.3 Å². The molecule has 1 aromatic heterocycles. The molecule has 224 valence electrons. The van der Waals surface area contributed by atoms with E-state index in [0.29, 0.717) is 55.7 Å². The van der Waals surface area contributed by atoms with E-state index in [4.69, 9.17) is 0 Å². The van der Waals surface area contributed by atoms with E-state index < -0.39 is 11.0 Å². The molecule has 0 radical (unpaired) electrons. The number of aliphatic hydroxyl groups is 1. The molecule has 43 heavy (non-hydrogen) atoms. The fraction of sp³-hybridized carbons (Fsp3) is 0.469. The van der Waals surface area contributed by atoms with E-state index in [-0.39, 0.29) is 24.3 Å². The van der Waals surface area contributed by atoms with Crippen LogP contribution in [-0.4, -0.2) is 73.9 Å². The second-order valence-corrected chi connectivity index (χ2v) is 12.7. The third-order valence-corrected chi connectivity index (χ3v) is 9.07. The predicted molar refractivity (Wildman–Crippen MR) is 157 cm³/mol. The number of nitriles is 1. The van der Waals surface area contributed by atoms with Crippen LogP contribution in [0.1, 0.15) is 71.5 Å². The Hall–Kier alpha value is -4.14. The van der Waals surface area contributed by atoms with Crippen molar-refractivity contribution in [2.24, 2.45) is 5.92 Å². The normalized spacial score (nSPS) is 23.9. The summed E-state index contributed by atoms with van der Waals surface area (Å²) in [6.07, 6.45) is 3.75. The second-order valence-electron chi connectivity index (χ2n) is 12.7. The van der Waals surface area contributed by atoms with Gasteiger partial charge in [0, 0.05) is 30.4 Å². The first-order valence-corrected chi connectivity index (χ1v) is 14.8. The summed E-state index contributed by atoms with van der Waals surface area (Å²) in [7, 11) is 0. The number of piperidine rings is 1. The van der Waals surface area contributed by atoms with Gasteiger partial charge in [0.15, 0.2) is 5.82 Å². The Morgan fingerprint density at radius 3 is 2.67 bits per heavy atom. The van der Waals surface area contributed by atoms with Crippen LogP contribution < -0.4 is 10.6 Å². The van der Waals surface area contributed by atoms with Crippen molar-refractivity contribution in [3.8, 4) is 6.07 Å². The molecular weight excluding hydrogens is 547 g/mol. The van der Waals surface area contributed by atoms with Crippen molar-refractivity contribution in [2.75, 3.05) is 19.6 Å². The van der Waals surface area contributed by atoms with E-state index in [1.54, 1.807) is 26.0 Å². The number of likely N-dealkylation sites (tertiary alicyclic amines) is 1. The molecule has 4 N–H and O–H groups in total. The molecule has 4 atom stereocenters. The van der Waals surface area contributed by atoms with Gasteiger partial charge in [-0.1, -0.05) is 18.7 Å². The van der Waals surface area contributed by atoms with Gasteiger partial charge in [0.2, 0.25) is 0 Å². The van der Waals surface area contributed by atoms with Crippen LogP contribution in [0.3, 0.4) is 0 Å². The van der Waals surface area contributed by atoms with Gasteiger partial charge in [-0.3, -0.25) is 4.79 Å². The van der Waals surface area contributed by atoms with E-state index in [1.165, 1.54) is 6.07 Å². The van der Waals surface area contributed by atoms with Crippen molar-refractivity contribution in [3.05, 3.63) is 88.1 Å². The topological polar surface area (TPSA) is 143 Å². The van der Waals surface area contributed by atoms with Gasteiger partial charge >= 0.3 is 0 Å². The highest BCUT2D eigenvalue weighted by molar-refractivity contribution is 5.94. The molecule has 2 fully saturated rings. The molecule has 2 heterocycles. The summed E-state index contributed by atoms with van der Waals surface area (Å²) in [5.74, 6) is 0.546. The number of benzene rings is 2. The van der Waals surface area contributed by atoms with Crippen LogP contribution in [0, 0.1) is 23.1 Å². The van der Waals surface area contributed by atoms with E-state index >= 15 is 0 Å². The first kappa shape index (κ1) is 29.0. The van der Waals surface area contributed by atoms with E-state index in [0.717, 1.165) is 40.8 Å². The Labute approximate surface area is 250 Å². The van der Waals surface area contributed by atoms with E-state index in [1.807, 2.05) is 18.2 Å². The molecule has 0 spiro atoms. The fourth-order valence-corrected chi connectivity index (χ4v) is 6.97. The van der Waals surface area contributed by atoms with Crippen LogP contribution >= 0.6 is 0 Å². The third-order valence-electron chi connectivity index (χ3n) is 9.07. The lowest BCUT2D eigenvalue weighted by Crippen LogP contribution is -2.39. The van der Waals surface area contributed by atoms with Gasteiger partial charge < -0.3 is 20.6 Å². The summed E-state index contributed by atoms with van der Waals surface area (Å²) in [6.45, 7) is 8.78. The highest BCUT2D eigenvalue weighted by Crippen LogP contribution is 2.49. The van der Waals surface area contributed by atoms with Crippen LogP contribution in [0.25, 0.3) is 0 Å². The maximum absolute atomic E-state index is 14.6. The predicted octanol–water partition coefficient (Wildman–Crippen LogP) is 2.75. The molecule has 6 rings (SSSR count). The first-order chi connectivity index (χ1) is 20.6. The summed E-state index contributed by atoms with van der Waals surface area (Å²) in [4.78, 5) is 15.2. The highest BCUT2D eigenvalue weighted by Gasteiger charge is 2.52. The summed E-state index contributed by atoms with van der Waals surface area (Å²) in [5.41, 5.74) is 3.18. The molecule has 1 amide bonds. The SMILES string of the molecule is C=C(CNCCC1(c2nnn[nH]2)c2ccc(F)cc2CCc2cc(C(=O)NCC(C)(C)O)ccc21)N1C(C#N)C[C@@H]2C[C@@H]21. The standard InChI is InChI=1S/C32H37FN8O2/c1-19(41-25(16-34)14-23-15-28(23)41)17-35-11-10-32(30-37-39-40-38-30)26-8-6-22(29(42)36-18-31(2,3)43)12-20(26)4-5-21-13-24(33)7-9-27(21)32/h6-9,12-13,23,25,28,35,43H,1,4-5,10-11,14-15,17-18H2,2-3H3,(H,36,42)(H,37,38,39,40)/t23-,25?,28+,32?/m1/s1. The highest BCUT2D eigenvalue weighted by atomic mass is 19.1. The Morgan fingerprint density at radius 1 is 1.23 bits per heavy atom. The minimum atomic E-state index is -1.04. The molecule has 10 nitrogen and oxygen atoms in total. The molecule has 1 saturated carbocycles. The summed E-state index contributed by atoms with van der Waals surface area (Å²) in [5, 5.41) is 41.3. The molecule has 3 aliphatic rings. The van der Waals surface area contributed by atoms with Gasteiger partial charge in [-0.2, -0.15) is 5.26 Å². The number of amides is 1. The molecule has 2 aromatic carbocycles. The van der Waals surface area contributed by atoms with Gasteiger partial charge in [-0.15, -0.1) is 5.10 Å². The number of hydrogen-bond acceptors (Lipinski definition) is 8. The lowest BCUT2D eigenvalue weighted by Gasteiger charge is -2.35. The molecule has 0 bridgehead atoms. The summed E-state index contributed by atoms with van der Waals surface area (Å²) < 4.78 is 14.6. The number of nitrogens with zero attached hydrogens (tertiary/aromatic N) is 5. The monoisotopic (exact) mass is 584 g/mol. The number of nitrogens with one attached hydrogen (secondary N) is 3. The quantitative estimate of drug-likeness (QED) is 0.267. The summed E-state index contributed by atoms with van der Waals surface area (Å²) in [6, 6.07) is 13.2. The zero-order valence-electron chi connectivity index (χ0n) is 24.5. The van der Waals surface area contributed by atoms with Crippen molar-refractivity contribution >= 4 is 5.91 Å². The van der Waals surface area contributed by atoms with Crippen molar-refractivity contribution in [1.29, 1.82) is 5.26 Å². The van der Waals surface area contributed by atoms with Crippen molar-refractivity contribution in [2.45, 2.75) is 69.1 Å². The smallest absolute Gasteiger partial charge is 0.251 e. The maximum Gasteiger partial charge on any atom is 0.251 e. The van der Waals surface area contributed by atoms with Crippen molar-refractivity contribution < 1.29 is 14.3 Å². The van der Waals surface area contributed by atoms with Gasteiger partial charge in [0.05, 0.1) is 17.1 Å². The zero-order chi connectivity index (χ0) is 30.4. The van der Waals surface area contributed by atoms with Crippen LogP contribution in [0.5, 0.6) is 0 Å². The van der Waals surface area contributed by atoms with Gasteiger partial charge in [-0.05, 0) is 115 Å². The number of aromatic nitrogens is 4. The van der Waals surface area contributed by atoms with Crippen LogP contribution in [0.15, 0.2) is 48.7 Å². The number of H-pyrrole nitrogens is 1. The molecule has 3 aromatic rings. The third kappa shape index (κ3) is 5.53. The number of carbonyl (C=O) groups is 1. The average Bonchev–Trinajstić information content (AvgIpc) is 3.36. The number of tetrazole rings is 1. The minimum Gasteiger partial charge on any atom is -0.389 e. The van der Waals surface area contributed by atoms with Gasteiger partial charge in [-0.25, -0.2) is 9.49 Å². The first-order valence-electron chi connectivity index (χ1n) is 14.8. The van der Waals surface area contributed by atoms with Gasteiger partial charge in [0.1, 0.15) is 11.9 Å². The average molecular weight is 585 g/mol. The Morgan fingerprint density at radius 2 is 1.98 bits per heavy atom. The molecule has 11 heteroatoms. The molecule has 1 aliphatic heterocycles. The van der Waals surface area contributed by atoms with Crippen LogP contribution in [0.4, 0.5) is 4.39 Å². The summed E-state index contributed by atoms with van der Waals surface area (Å²) >= 11 is 0. The fourth-order valence-electron chi connectivity index (χ4n) is 6.97. The largest absolute Gasteiger partial charge is 0.389 e. The minimum absolute atomic E-state index is 0.116. The van der Waals surface area contributed by atoms with Gasteiger partial charge in [0.25, 0.3) is 5.91 Å². The number of carbonyl (C=O) groups excluding carboxylic acids is 1. The van der Waals surface area contributed by atoms with E-state index in [9.17, 15) is 19.6 Å². The Bertz CT molecular complexity index is 1580. The number of halogens is 1. The number of aromatic amines is 1. The zero-order valence-corrected chi connectivity index (χ0v) is 24.5. The second kappa shape index (κ2) is 11.2. The number of fused-ring (bicyclic) bond motifs is 3. The Kier molecular flexibility index (Phi) is 7.52. The van der Waals surface area contributed by atoms with Crippen molar-refractivity contribution in [1.82, 2.24) is 36.2 Å². The molecule has 2 aliphatic carbocycles. The van der Waals surface area contributed by atoms with Crippen LogP contribution in [0.2, 0.25) is 0 Å². The Balaban J connectivity index is 1.32. The maximum atomic E-state index is 14.6. The molecule has 1 saturated heterocycles. The number of aryl methyl sites for hydroxylation is 2. The molecule has 2 unspecified atom stereocenters. The van der Waals surface area contributed by atoms with E-state index in [2.05, 4.69) is 48.8 Å².